The Balaban J connectivity index is 0. The molecule has 0 spiro atoms. The third-order valence-electron chi connectivity index (χ3n) is 7.34. The first-order valence-corrected chi connectivity index (χ1v) is 19.7. The fourth-order valence-corrected chi connectivity index (χ4v) is 4.27. The molecule has 0 aliphatic heterocycles. The van der Waals surface area contributed by atoms with Crippen LogP contribution in [0.2, 0.25) is 0 Å². The van der Waals surface area contributed by atoms with Crippen LogP contribution in [0.5, 0.6) is 0 Å². The first-order chi connectivity index (χ1) is 26.5. The summed E-state index contributed by atoms with van der Waals surface area (Å²) in [5.74, 6) is -1.20. The lowest BCUT2D eigenvalue weighted by Crippen LogP contribution is -2.24. The minimum atomic E-state index is -0.871. The summed E-state index contributed by atoms with van der Waals surface area (Å²) in [6.07, 6.45) is 56.9. The Kier molecular flexibility index (Phi) is 43.4. The second-order valence-electron chi connectivity index (χ2n) is 12.2. The molecular formula is C46H70O8. The van der Waals surface area contributed by atoms with Crippen molar-refractivity contribution in [2.45, 2.75) is 116 Å². The van der Waals surface area contributed by atoms with E-state index in [1.807, 2.05) is 60.8 Å². The summed E-state index contributed by atoms with van der Waals surface area (Å²) < 4.78 is 9.56. The molecule has 0 bridgehead atoms. The van der Waals surface area contributed by atoms with Gasteiger partial charge in [0.15, 0.2) is 0 Å². The number of unbranched alkanes of at least 4 members (excludes halogenated alkanes) is 12. The molecule has 0 aromatic carbocycles. The van der Waals surface area contributed by atoms with Gasteiger partial charge < -0.3 is 29.9 Å². The molecule has 0 saturated carbocycles. The number of hydrogen-bond donors (Lipinski definition) is 4. The Hall–Kier alpha value is -4.08. The SMILES string of the molecule is CCCCCCCC=CC=CC=CC=CC=CC=CC(=O)OC(CO)CO.CCCCCCCCCC=CC=CC=CC=CC=CC(=O)OC(CO)CO. The van der Waals surface area contributed by atoms with Gasteiger partial charge in [-0.2, -0.15) is 0 Å². The summed E-state index contributed by atoms with van der Waals surface area (Å²) >= 11 is 0. The molecule has 302 valence electrons. The van der Waals surface area contributed by atoms with Crippen molar-refractivity contribution >= 4 is 11.9 Å². The zero-order valence-electron chi connectivity index (χ0n) is 33.0. The highest BCUT2D eigenvalue weighted by atomic mass is 16.6. The van der Waals surface area contributed by atoms with Crippen molar-refractivity contribution in [2.24, 2.45) is 0 Å². The van der Waals surface area contributed by atoms with Crippen molar-refractivity contribution in [1.29, 1.82) is 0 Å². The fourth-order valence-electron chi connectivity index (χ4n) is 4.27. The van der Waals surface area contributed by atoms with Gasteiger partial charge in [-0.3, -0.25) is 0 Å². The van der Waals surface area contributed by atoms with Gasteiger partial charge in [0.1, 0.15) is 12.2 Å². The Morgan fingerprint density at radius 3 is 0.944 bits per heavy atom. The van der Waals surface area contributed by atoms with Gasteiger partial charge in [0, 0.05) is 12.2 Å². The minimum Gasteiger partial charge on any atom is -0.454 e. The maximum absolute atomic E-state index is 11.3. The number of carbonyl (C=O) groups is 2. The number of hydrogen-bond acceptors (Lipinski definition) is 8. The van der Waals surface area contributed by atoms with Crippen LogP contribution in [0.3, 0.4) is 0 Å². The van der Waals surface area contributed by atoms with E-state index in [-0.39, 0.29) is 0 Å². The largest absolute Gasteiger partial charge is 0.454 e. The van der Waals surface area contributed by atoms with Gasteiger partial charge in [0.05, 0.1) is 26.4 Å². The van der Waals surface area contributed by atoms with Crippen molar-refractivity contribution in [2.75, 3.05) is 26.4 Å². The normalized spacial score (nSPS) is 12.9. The number of rotatable bonds is 31. The van der Waals surface area contributed by atoms with E-state index in [4.69, 9.17) is 29.9 Å². The molecular weight excluding hydrogens is 680 g/mol. The van der Waals surface area contributed by atoms with E-state index in [0.29, 0.717) is 0 Å². The number of esters is 2. The molecule has 54 heavy (non-hydrogen) atoms. The van der Waals surface area contributed by atoms with Gasteiger partial charge in [0.25, 0.3) is 0 Å². The lowest BCUT2D eigenvalue weighted by molar-refractivity contribution is -0.148. The lowest BCUT2D eigenvalue weighted by Gasteiger charge is -2.09. The molecule has 8 heteroatoms. The molecule has 0 amide bonds. The molecule has 0 heterocycles. The second-order valence-corrected chi connectivity index (χ2v) is 12.2. The summed E-state index contributed by atoms with van der Waals surface area (Å²) in [5, 5.41) is 35.2. The van der Waals surface area contributed by atoms with Crippen LogP contribution in [-0.2, 0) is 19.1 Å². The third-order valence-corrected chi connectivity index (χ3v) is 7.34. The number of allylic oxidation sites excluding steroid dienone is 20. The summed E-state index contributed by atoms with van der Waals surface area (Å²) in [6.45, 7) is 2.89. The molecule has 0 aliphatic carbocycles. The smallest absolute Gasteiger partial charge is 0.331 e. The molecule has 0 atom stereocenters. The van der Waals surface area contributed by atoms with Gasteiger partial charge in [0.2, 0.25) is 0 Å². The molecule has 4 N–H and O–H groups in total. The predicted molar refractivity (Wildman–Crippen MR) is 225 cm³/mol. The Morgan fingerprint density at radius 2 is 0.648 bits per heavy atom. The van der Waals surface area contributed by atoms with Crippen LogP contribution in [0.4, 0.5) is 0 Å². The molecule has 0 aliphatic rings. The predicted octanol–water partition coefficient (Wildman–Crippen LogP) is 9.39. The maximum atomic E-state index is 11.3. The van der Waals surface area contributed by atoms with Crippen molar-refractivity contribution in [1.82, 2.24) is 0 Å². The average Bonchev–Trinajstić information content (AvgIpc) is 3.18. The van der Waals surface area contributed by atoms with Crippen molar-refractivity contribution < 1.29 is 39.5 Å². The number of aliphatic hydroxyl groups is 4. The zero-order chi connectivity index (χ0) is 40.0. The molecule has 0 aromatic heterocycles. The monoisotopic (exact) mass is 751 g/mol. The minimum absolute atomic E-state index is 0.394. The first kappa shape index (κ1) is 52.0. The average molecular weight is 751 g/mol. The van der Waals surface area contributed by atoms with Crippen LogP contribution in [0.25, 0.3) is 0 Å². The molecule has 0 fully saturated rings. The molecule has 0 rings (SSSR count). The van der Waals surface area contributed by atoms with E-state index in [2.05, 4.69) is 38.2 Å². The molecule has 0 radical (unpaired) electrons. The van der Waals surface area contributed by atoms with Gasteiger partial charge in [-0.05, 0) is 25.7 Å². The van der Waals surface area contributed by atoms with Crippen molar-refractivity contribution in [3.05, 3.63) is 134 Å². The topological polar surface area (TPSA) is 134 Å². The van der Waals surface area contributed by atoms with Gasteiger partial charge in [-0.1, -0.05) is 200 Å². The molecule has 0 unspecified atom stereocenters. The van der Waals surface area contributed by atoms with Gasteiger partial charge >= 0.3 is 11.9 Å². The zero-order valence-corrected chi connectivity index (χ0v) is 33.0. The summed E-state index contributed by atoms with van der Waals surface area (Å²) in [6, 6.07) is 0. The Labute approximate surface area is 326 Å². The van der Waals surface area contributed by atoms with E-state index >= 15 is 0 Å². The van der Waals surface area contributed by atoms with Crippen LogP contribution in [0.1, 0.15) is 104 Å². The lowest BCUT2D eigenvalue weighted by atomic mass is 10.1. The first-order valence-electron chi connectivity index (χ1n) is 19.7. The fraction of sp³-hybridized carbons (Fsp3) is 0.478. The number of aliphatic hydroxyl groups excluding tert-OH is 4. The van der Waals surface area contributed by atoms with E-state index in [1.54, 1.807) is 30.4 Å². The highest BCUT2D eigenvalue weighted by Gasteiger charge is 2.09. The van der Waals surface area contributed by atoms with Crippen molar-refractivity contribution in [3.8, 4) is 0 Å². The standard InChI is InChI=1S/C23H36O4.C23H34O4/c2*1-2-3-4-5-6-7-8-9-10-11-12-13-14-15-16-17-18-19-23(26)27-22(20-24)21-25/h10-19,22,24-25H,2-9,20-21H2,1H3;8-19,22,24-25H,2-7,20-21H2,1H3. The molecule has 0 aromatic rings. The van der Waals surface area contributed by atoms with Crippen LogP contribution >= 0.6 is 0 Å². The molecule has 8 nitrogen and oxygen atoms in total. The highest BCUT2D eigenvalue weighted by molar-refractivity contribution is 5.82. The Morgan fingerprint density at radius 1 is 0.389 bits per heavy atom. The van der Waals surface area contributed by atoms with E-state index in [0.717, 1.165) is 12.8 Å². The third kappa shape index (κ3) is 42.3. The summed E-state index contributed by atoms with van der Waals surface area (Å²) in [5.41, 5.74) is 0. The van der Waals surface area contributed by atoms with Crippen molar-refractivity contribution in [3.63, 3.8) is 0 Å². The number of ether oxygens (including phenoxy) is 2. The number of carbonyl (C=O) groups excluding carboxylic acids is 2. The Bertz CT molecular complexity index is 1190. The second kappa shape index (κ2) is 45.1. The maximum Gasteiger partial charge on any atom is 0.331 e. The van der Waals surface area contributed by atoms with E-state index < -0.39 is 50.6 Å². The van der Waals surface area contributed by atoms with Crippen LogP contribution in [-0.4, -0.2) is 71.0 Å². The van der Waals surface area contributed by atoms with Gasteiger partial charge in [-0.15, -0.1) is 0 Å². The molecule has 0 saturated heterocycles. The van der Waals surface area contributed by atoms with E-state index in [1.165, 1.54) is 95.3 Å². The van der Waals surface area contributed by atoms with E-state index in [9.17, 15) is 9.59 Å². The summed E-state index contributed by atoms with van der Waals surface area (Å²) in [4.78, 5) is 22.7. The highest BCUT2D eigenvalue weighted by Crippen LogP contribution is 2.09. The van der Waals surface area contributed by atoms with Crippen LogP contribution < -0.4 is 0 Å². The summed E-state index contributed by atoms with van der Waals surface area (Å²) in [7, 11) is 0. The quantitative estimate of drug-likeness (QED) is 0.0239. The van der Waals surface area contributed by atoms with Crippen LogP contribution in [0.15, 0.2) is 134 Å². The van der Waals surface area contributed by atoms with Crippen LogP contribution in [0, 0.1) is 0 Å². The van der Waals surface area contributed by atoms with Gasteiger partial charge in [-0.25, -0.2) is 9.59 Å².